The van der Waals surface area contributed by atoms with Crippen molar-refractivity contribution in [3.05, 3.63) is 29.6 Å². The maximum Gasteiger partial charge on any atom is 0.416 e. The zero-order chi connectivity index (χ0) is 14.8. The number of alkyl halides is 3. The van der Waals surface area contributed by atoms with Crippen LogP contribution in [0.15, 0.2) is 18.2 Å². The Morgan fingerprint density at radius 2 is 1.95 bits per heavy atom. The van der Waals surface area contributed by atoms with Crippen molar-refractivity contribution in [2.45, 2.75) is 45.5 Å². The molecule has 1 aromatic carbocycles. The lowest BCUT2D eigenvalue weighted by Crippen LogP contribution is -2.27. The summed E-state index contributed by atoms with van der Waals surface area (Å²) in [6.07, 6.45) is -2.31. The van der Waals surface area contributed by atoms with Crippen molar-refractivity contribution in [3.63, 3.8) is 0 Å². The van der Waals surface area contributed by atoms with E-state index in [-0.39, 0.29) is 0 Å². The first-order valence-corrected chi connectivity index (χ1v) is 6.73. The Bertz CT molecular complexity index is 571. The number of nitrogens with one attached hydrogen (secondary N) is 2. The molecule has 0 unspecified atom stereocenters. The molecule has 0 amide bonds. The smallest absolute Gasteiger partial charge is 0.341 e. The maximum atomic E-state index is 12.6. The SMILES string of the molecule is CCC(CC)NCc1nc2ccc(C(F)(F)F)cc2[nH]1. The summed E-state index contributed by atoms with van der Waals surface area (Å²) in [6.45, 7) is 4.72. The first kappa shape index (κ1) is 14.8. The summed E-state index contributed by atoms with van der Waals surface area (Å²) in [7, 11) is 0. The standard InChI is InChI=1S/C14H18F3N3/c1-3-10(4-2)18-8-13-19-11-6-5-9(14(15,16)17)7-12(11)20-13/h5-7,10,18H,3-4,8H2,1-2H3,(H,19,20). The molecule has 0 aliphatic heterocycles. The Morgan fingerprint density at radius 3 is 2.55 bits per heavy atom. The predicted molar refractivity (Wildman–Crippen MR) is 72.3 cm³/mol. The molecule has 0 bridgehead atoms. The molecule has 2 rings (SSSR count). The minimum absolute atomic E-state index is 0.397. The summed E-state index contributed by atoms with van der Waals surface area (Å²) in [5.41, 5.74) is 0.314. The second kappa shape index (κ2) is 5.83. The van der Waals surface area contributed by atoms with Crippen molar-refractivity contribution in [1.82, 2.24) is 15.3 Å². The summed E-state index contributed by atoms with van der Waals surface area (Å²) in [6, 6.07) is 3.95. The lowest BCUT2D eigenvalue weighted by Gasteiger charge is -2.12. The van der Waals surface area contributed by atoms with Crippen LogP contribution in [0.3, 0.4) is 0 Å². The molecule has 20 heavy (non-hydrogen) atoms. The van der Waals surface area contributed by atoms with Crippen LogP contribution >= 0.6 is 0 Å². The molecule has 0 saturated carbocycles. The fraction of sp³-hybridized carbons (Fsp3) is 0.500. The van der Waals surface area contributed by atoms with E-state index in [0.29, 0.717) is 29.4 Å². The monoisotopic (exact) mass is 285 g/mol. The van der Waals surface area contributed by atoms with Crippen LogP contribution in [0, 0.1) is 0 Å². The molecular weight excluding hydrogens is 267 g/mol. The van der Waals surface area contributed by atoms with Gasteiger partial charge >= 0.3 is 6.18 Å². The Kier molecular flexibility index (Phi) is 4.32. The van der Waals surface area contributed by atoms with Crippen molar-refractivity contribution < 1.29 is 13.2 Å². The highest BCUT2D eigenvalue weighted by Crippen LogP contribution is 2.30. The summed E-state index contributed by atoms with van der Waals surface area (Å²) in [5, 5.41) is 3.33. The van der Waals surface area contributed by atoms with Gasteiger partial charge in [-0.25, -0.2) is 4.98 Å². The Balaban J connectivity index is 2.17. The number of H-pyrrole nitrogens is 1. The molecule has 110 valence electrons. The molecule has 6 heteroatoms. The van der Waals surface area contributed by atoms with Crippen LogP contribution < -0.4 is 5.32 Å². The van der Waals surface area contributed by atoms with Crippen LogP contribution in [0.4, 0.5) is 13.2 Å². The molecule has 0 aliphatic rings. The number of hydrogen-bond acceptors (Lipinski definition) is 2. The number of nitrogens with zero attached hydrogens (tertiary/aromatic N) is 1. The summed E-state index contributed by atoms with van der Waals surface area (Å²) < 4.78 is 37.9. The van der Waals surface area contributed by atoms with E-state index in [1.165, 1.54) is 6.07 Å². The molecule has 0 spiro atoms. The largest absolute Gasteiger partial charge is 0.416 e. The highest BCUT2D eigenvalue weighted by molar-refractivity contribution is 5.76. The predicted octanol–water partition coefficient (Wildman–Crippen LogP) is 3.86. The van der Waals surface area contributed by atoms with Gasteiger partial charge in [-0.1, -0.05) is 13.8 Å². The van der Waals surface area contributed by atoms with Crippen molar-refractivity contribution in [1.29, 1.82) is 0 Å². The van der Waals surface area contributed by atoms with Crippen LogP contribution in [-0.2, 0) is 12.7 Å². The van der Waals surface area contributed by atoms with E-state index in [4.69, 9.17) is 0 Å². The van der Waals surface area contributed by atoms with E-state index < -0.39 is 11.7 Å². The number of rotatable bonds is 5. The van der Waals surface area contributed by atoms with Crippen LogP contribution in [0.1, 0.15) is 38.1 Å². The number of aromatic amines is 1. The fourth-order valence-corrected chi connectivity index (χ4v) is 2.14. The van der Waals surface area contributed by atoms with Gasteiger partial charge in [0.25, 0.3) is 0 Å². The Labute approximate surface area is 115 Å². The molecule has 0 atom stereocenters. The molecule has 0 fully saturated rings. The second-order valence-electron chi connectivity index (χ2n) is 4.81. The average Bonchev–Trinajstić information content (AvgIpc) is 2.80. The van der Waals surface area contributed by atoms with Crippen molar-refractivity contribution >= 4 is 11.0 Å². The zero-order valence-corrected chi connectivity index (χ0v) is 11.5. The van der Waals surface area contributed by atoms with Crippen LogP contribution in [0.5, 0.6) is 0 Å². The van der Waals surface area contributed by atoms with E-state index in [2.05, 4.69) is 29.1 Å². The fourth-order valence-electron chi connectivity index (χ4n) is 2.14. The van der Waals surface area contributed by atoms with Crippen molar-refractivity contribution in [2.24, 2.45) is 0 Å². The van der Waals surface area contributed by atoms with Gasteiger partial charge in [0.05, 0.1) is 23.1 Å². The quantitative estimate of drug-likeness (QED) is 0.875. The average molecular weight is 285 g/mol. The van der Waals surface area contributed by atoms with E-state index in [1.807, 2.05) is 0 Å². The number of fused-ring (bicyclic) bond motifs is 1. The molecule has 3 nitrogen and oxygen atoms in total. The lowest BCUT2D eigenvalue weighted by molar-refractivity contribution is -0.137. The molecule has 1 heterocycles. The third-order valence-electron chi connectivity index (χ3n) is 3.40. The van der Waals surface area contributed by atoms with Crippen LogP contribution in [0.25, 0.3) is 11.0 Å². The third kappa shape index (κ3) is 3.30. The van der Waals surface area contributed by atoms with Gasteiger partial charge in [-0.2, -0.15) is 13.2 Å². The van der Waals surface area contributed by atoms with Gasteiger partial charge in [-0.05, 0) is 31.0 Å². The topological polar surface area (TPSA) is 40.7 Å². The Hall–Kier alpha value is -1.56. The Morgan fingerprint density at radius 1 is 1.25 bits per heavy atom. The normalized spacial score (nSPS) is 12.5. The molecule has 2 N–H and O–H groups in total. The number of benzene rings is 1. The third-order valence-corrected chi connectivity index (χ3v) is 3.40. The van der Waals surface area contributed by atoms with Gasteiger partial charge < -0.3 is 10.3 Å². The summed E-state index contributed by atoms with van der Waals surface area (Å²) in [5.74, 6) is 0.659. The summed E-state index contributed by atoms with van der Waals surface area (Å²) >= 11 is 0. The number of hydrogen-bond donors (Lipinski definition) is 2. The van der Waals surface area contributed by atoms with E-state index in [1.54, 1.807) is 0 Å². The number of imidazole rings is 1. The minimum atomic E-state index is -4.33. The maximum absolute atomic E-state index is 12.6. The van der Waals surface area contributed by atoms with Crippen molar-refractivity contribution in [2.75, 3.05) is 0 Å². The molecule has 0 radical (unpaired) electrons. The number of halogens is 3. The van der Waals surface area contributed by atoms with Gasteiger partial charge in [0.1, 0.15) is 5.82 Å². The summed E-state index contributed by atoms with van der Waals surface area (Å²) in [4.78, 5) is 7.23. The highest BCUT2D eigenvalue weighted by atomic mass is 19.4. The lowest BCUT2D eigenvalue weighted by atomic mass is 10.2. The highest BCUT2D eigenvalue weighted by Gasteiger charge is 2.30. The minimum Gasteiger partial charge on any atom is -0.341 e. The van der Waals surface area contributed by atoms with Gasteiger partial charge in [0.2, 0.25) is 0 Å². The first-order valence-electron chi connectivity index (χ1n) is 6.73. The molecular formula is C14H18F3N3. The van der Waals surface area contributed by atoms with E-state index >= 15 is 0 Å². The second-order valence-corrected chi connectivity index (χ2v) is 4.81. The molecule has 2 aromatic rings. The first-order chi connectivity index (χ1) is 9.44. The van der Waals surface area contributed by atoms with Crippen molar-refractivity contribution in [3.8, 4) is 0 Å². The van der Waals surface area contributed by atoms with Gasteiger partial charge in [0.15, 0.2) is 0 Å². The van der Waals surface area contributed by atoms with Gasteiger partial charge in [-0.3, -0.25) is 0 Å². The van der Waals surface area contributed by atoms with Gasteiger partial charge in [0, 0.05) is 6.04 Å². The molecule has 1 aromatic heterocycles. The van der Waals surface area contributed by atoms with E-state index in [9.17, 15) is 13.2 Å². The van der Waals surface area contributed by atoms with Crippen LogP contribution in [-0.4, -0.2) is 16.0 Å². The number of aromatic nitrogens is 2. The zero-order valence-electron chi connectivity index (χ0n) is 11.5. The molecule has 0 aliphatic carbocycles. The van der Waals surface area contributed by atoms with Gasteiger partial charge in [-0.15, -0.1) is 0 Å². The van der Waals surface area contributed by atoms with E-state index in [0.717, 1.165) is 25.0 Å². The molecule has 0 saturated heterocycles. The van der Waals surface area contributed by atoms with Crippen LogP contribution in [0.2, 0.25) is 0 Å².